The first-order chi connectivity index (χ1) is 5.11. The number of benzene rings is 1. The van der Waals surface area contributed by atoms with Gasteiger partial charge in [0.05, 0.1) is 4.90 Å². The van der Waals surface area contributed by atoms with Gasteiger partial charge in [0.25, 0.3) is 0 Å². The Kier molecular flexibility index (Phi) is 4.81. The second-order valence-corrected chi connectivity index (χ2v) is 2.80. The van der Waals surface area contributed by atoms with Gasteiger partial charge in [-0.2, -0.15) is 0 Å². The van der Waals surface area contributed by atoms with Crippen LogP contribution in [0.3, 0.4) is 0 Å². The molecule has 0 aliphatic carbocycles. The Morgan fingerprint density at radius 1 is 1.33 bits per heavy atom. The van der Waals surface area contributed by atoms with Gasteiger partial charge in [-0.15, -0.1) is 0 Å². The van der Waals surface area contributed by atoms with E-state index in [-0.39, 0.29) is 46.0 Å². The van der Waals surface area contributed by atoms with Gasteiger partial charge in [0.2, 0.25) is 0 Å². The third kappa shape index (κ3) is 2.76. The van der Waals surface area contributed by atoms with Crippen molar-refractivity contribution in [2.75, 3.05) is 0 Å². The van der Waals surface area contributed by atoms with Gasteiger partial charge in [-0.3, -0.25) is 4.21 Å². The predicted molar refractivity (Wildman–Crippen MR) is 37.0 cm³/mol. The monoisotopic (exact) mass is 196 g/mol. The number of rotatable bonds is 1. The second-order valence-electron chi connectivity index (χ2n) is 1.89. The normalized spacial score (nSPS) is 11.8. The van der Waals surface area contributed by atoms with E-state index in [1.165, 1.54) is 6.07 Å². The molecule has 12 heavy (non-hydrogen) atoms. The molecule has 0 fully saturated rings. The van der Waals surface area contributed by atoms with Gasteiger partial charge in [0.1, 0.15) is 11.5 Å². The summed E-state index contributed by atoms with van der Waals surface area (Å²) in [5.41, 5.74) is 0. The molecule has 0 aliphatic heterocycles. The van der Waals surface area contributed by atoms with E-state index in [0.29, 0.717) is 0 Å². The molecule has 0 aliphatic rings. The minimum Gasteiger partial charge on any atom is -0.768 e. The van der Waals surface area contributed by atoms with E-state index in [9.17, 15) is 8.76 Å². The molecule has 0 aromatic heterocycles. The summed E-state index contributed by atoms with van der Waals surface area (Å²) in [5.74, 6) is -0.557. The Balaban J connectivity index is 0.00000121. The molecule has 1 atom stereocenters. The van der Waals surface area contributed by atoms with Crippen molar-refractivity contribution in [3.63, 3.8) is 0 Å². The first-order valence-corrected chi connectivity index (χ1v) is 3.80. The van der Waals surface area contributed by atoms with E-state index in [2.05, 4.69) is 0 Å². The largest absolute Gasteiger partial charge is 1.00 e. The van der Waals surface area contributed by atoms with Crippen LogP contribution >= 0.6 is 0 Å². The van der Waals surface area contributed by atoms with Gasteiger partial charge >= 0.3 is 29.6 Å². The zero-order valence-electron chi connectivity index (χ0n) is 6.35. The molecule has 0 spiro atoms. The van der Waals surface area contributed by atoms with Crippen LogP contribution in [0.15, 0.2) is 23.1 Å². The van der Waals surface area contributed by atoms with Gasteiger partial charge < -0.3 is 14.8 Å². The topological polar surface area (TPSA) is 80.6 Å². The summed E-state index contributed by atoms with van der Waals surface area (Å²) in [6, 6.07) is 3.28. The molecule has 4 nitrogen and oxygen atoms in total. The SMILES string of the molecule is O=S([O-])c1cc(O)ccc1O.[Na+]. The minimum atomic E-state index is -2.51. The first-order valence-electron chi connectivity index (χ1n) is 2.72. The third-order valence-corrected chi connectivity index (χ3v) is 1.81. The fourth-order valence-corrected chi connectivity index (χ4v) is 1.09. The van der Waals surface area contributed by atoms with Crippen LogP contribution in [-0.2, 0) is 11.1 Å². The van der Waals surface area contributed by atoms with Crippen molar-refractivity contribution in [3.05, 3.63) is 18.2 Å². The van der Waals surface area contributed by atoms with Crippen molar-refractivity contribution in [2.24, 2.45) is 0 Å². The van der Waals surface area contributed by atoms with Gasteiger partial charge in [0.15, 0.2) is 0 Å². The van der Waals surface area contributed by atoms with Gasteiger partial charge in [0, 0.05) is 0 Å². The summed E-state index contributed by atoms with van der Waals surface area (Å²) >= 11 is -2.51. The molecule has 0 amide bonds. The maximum atomic E-state index is 10.3. The van der Waals surface area contributed by atoms with Gasteiger partial charge in [-0.25, -0.2) is 0 Å². The zero-order chi connectivity index (χ0) is 8.43. The number of aromatic hydroxyl groups is 2. The van der Waals surface area contributed by atoms with Gasteiger partial charge in [-0.1, -0.05) is 0 Å². The van der Waals surface area contributed by atoms with Crippen LogP contribution in [0.4, 0.5) is 0 Å². The van der Waals surface area contributed by atoms with Crippen LogP contribution in [0.1, 0.15) is 0 Å². The maximum absolute atomic E-state index is 10.3. The molecular weight excluding hydrogens is 191 g/mol. The van der Waals surface area contributed by atoms with Crippen LogP contribution in [0.5, 0.6) is 11.5 Å². The molecule has 60 valence electrons. The number of hydrogen-bond donors (Lipinski definition) is 2. The molecule has 2 N–H and O–H groups in total. The second kappa shape index (κ2) is 4.84. The molecule has 1 aromatic rings. The molecule has 1 unspecified atom stereocenters. The number of phenols is 2. The number of hydrogen-bond acceptors (Lipinski definition) is 4. The summed E-state index contributed by atoms with van der Waals surface area (Å²) in [7, 11) is 0. The van der Waals surface area contributed by atoms with Crippen molar-refractivity contribution in [1.82, 2.24) is 0 Å². The Morgan fingerprint density at radius 3 is 2.33 bits per heavy atom. The summed E-state index contributed by atoms with van der Waals surface area (Å²) in [4.78, 5) is -0.301. The van der Waals surface area contributed by atoms with E-state index in [0.717, 1.165) is 12.1 Å². The molecule has 6 heteroatoms. The molecule has 0 bridgehead atoms. The maximum Gasteiger partial charge on any atom is 1.00 e. The van der Waals surface area contributed by atoms with Crippen molar-refractivity contribution >= 4 is 11.1 Å². The summed E-state index contributed by atoms with van der Waals surface area (Å²) in [5, 5.41) is 17.7. The van der Waals surface area contributed by atoms with E-state index in [1.54, 1.807) is 0 Å². The van der Waals surface area contributed by atoms with Crippen LogP contribution in [0.25, 0.3) is 0 Å². The molecule has 0 radical (unpaired) electrons. The fourth-order valence-electron chi connectivity index (χ4n) is 0.636. The van der Waals surface area contributed by atoms with E-state index >= 15 is 0 Å². The zero-order valence-corrected chi connectivity index (χ0v) is 9.17. The first kappa shape index (κ1) is 11.9. The smallest absolute Gasteiger partial charge is 0.768 e. The predicted octanol–water partition coefficient (Wildman–Crippen LogP) is -2.66. The summed E-state index contributed by atoms with van der Waals surface area (Å²) in [6.07, 6.45) is 0. The van der Waals surface area contributed by atoms with Crippen LogP contribution in [0.2, 0.25) is 0 Å². The average Bonchev–Trinajstić information content (AvgIpc) is 1.94. The molecule has 1 aromatic carbocycles. The van der Waals surface area contributed by atoms with E-state index < -0.39 is 11.1 Å². The molecular formula is C6H5NaO4S. The summed E-state index contributed by atoms with van der Waals surface area (Å²) in [6.45, 7) is 0. The quantitative estimate of drug-likeness (QED) is 0.292. The van der Waals surface area contributed by atoms with Crippen molar-refractivity contribution in [3.8, 4) is 11.5 Å². The van der Waals surface area contributed by atoms with Crippen LogP contribution in [-0.4, -0.2) is 19.0 Å². The van der Waals surface area contributed by atoms with Crippen molar-refractivity contribution in [2.45, 2.75) is 4.90 Å². The van der Waals surface area contributed by atoms with Crippen LogP contribution in [0, 0.1) is 0 Å². The Bertz CT molecular complexity index is 302. The molecule has 1 rings (SSSR count). The van der Waals surface area contributed by atoms with Crippen LogP contribution < -0.4 is 29.6 Å². The van der Waals surface area contributed by atoms with E-state index in [1.807, 2.05) is 0 Å². The molecule has 0 saturated heterocycles. The van der Waals surface area contributed by atoms with Gasteiger partial charge in [-0.05, 0) is 29.3 Å². The van der Waals surface area contributed by atoms with E-state index in [4.69, 9.17) is 10.2 Å². The fraction of sp³-hybridized carbons (Fsp3) is 0. The molecule has 0 saturated carbocycles. The average molecular weight is 196 g/mol. The Labute approximate surface area is 93.8 Å². The Morgan fingerprint density at radius 2 is 1.92 bits per heavy atom. The molecule has 0 heterocycles. The number of phenolic OH excluding ortho intramolecular Hbond substituents is 2. The minimum absolute atomic E-state index is 0. The van der Waals surface area contributed by atoms with Crippen molar-refractivity contribution < 1.29 is 48.5 Å². The third-order valence-electron chi connectivity index (χ3n) is 1.12. The van der Waals surface area contributed by atoms with Crippen molar-refractivity contribution in [1.29, 1.82) is 0 Å². The summed E-state index contributed by atoms with van der Waals surface area (Å²) < 4.78 is 20.6. The standard InChI is InChI=1S/C6H6O4S.Na/c7-4-1-2-5(8)6(3-4)11(9)10;/h1-3,7-8H,(H,9,10);/q;+1/p-1. The Hall–Kier alpha value is -0.0700.